The number of carbonyl (C=O) groups excluding carboxylic acids is 1. The van der Waals surface area contributed by atoms with Crippen molar-refractivity contribution >= 4 is 23.3 Å². The summed E-state index contributed by atoms with van der Waals surface area (Å²) in [5, 5.41) is 10.6. The number of nitrogens with zero attached hydrogens (tertiary/aromatic N) is 1. The number of nitro groups is 1. The Hall–Kier alpha value is -1.62. The lowest BCUT2D eigenvalue weighted by Crippen LogP contribution is -2.08. The minimum Gasteiger partial charge on any atom is -0.462 e. The Kier molecular flexibility index (Phi) is 3.62. The van der Waals surface area contributed by atoms with E-state index in [9.17, 15) is 14.9 Å². The van der Waals surface area contributed by atoms with Crippen LogP contribution in [0.25, 0.3) is 0 Å². The van der Waals surface area contributed by atoms with E-state index < -0.39 is 10.9 Å². The molecule has 0 amide bonds. The van der Waals surface area contributed by atoms with E-state index in [2.05, 4.69) is 4.74 Å². The number of halogens is 1. The van der Waals surface area contributed by atoms with Gasteiger partial charge in [-0.2, -0.15) is 0 Å². The Labute approximate surface area is 90.8 Å². The third kappa shape index (κ3) is 2.44. The van der Waals surface area contributed by atoms with Gasteiger partial charge in [0.15, 0.2) is 5.56 Å². The van der Waals surface area contributed by atoms with Crippen molar-refractivity contribution in [1.29, 1.82) is 0 Å². The highest BCUT2D eigenvalue weighted by Gasteiger charge is 2.24. The van der Waals surface area contributed by atoms with Gasteiger partial charge in [0.05, 0.1) is 16.6 Å². The van der Waals surface area contributed by atoms with Crippen LogP contribution in [0.5, 0.6) is 0 Å². The van der Waals surface area contributed by atoms with Crippen LogP contribution in [-0.2, 0) is 4.74 Å². The van der Waals surface area contributed by atoms with Crippen LogP contribution < -0.4 is 0 Å². The van der Waals surface area contributed by atoms with E-state index >= 15 is 0 Å². The van der Waals surface area contributed by atoms with E-state index in [-0.39, 0.29) is 22.9 Å². The van der Waals surface area contributed by atoms with Gasteiger partial charge in [0, 0.05) is 6.07 Å². The summed E-state index contributed by atoms with van der Waals surface area (Å²) in [5.74, 6) is -0.783. The molecule has 15 heavy (non-hydrogen) atoms. The van der Waals surface area contributed by atoms with Crippen LogP contribution in [0.3, 0.4) is 0 Å². The standard InChI is InChI=1S/C9H8ClNO4/c1-2-15-9(12)8-6(10)4-3-5-7(8)11(13)14/h3-5H,2H2,1H3. The molecule has 0 spiro atoms. The van der Waals surface area contributed by atoms with E-state index in [4.69, 9.17) is 11.6 Å². The average Bonchev–Trinajstić information content (AvgIpc) is 2.17. The zero-order chi connectivity index (χ0) is 11.4. The molecule has 0 bridgehead atoms. The second-order valence-corrected chi connectivity index (χ2v) is 3.02. The molecule has 1 aromatic carbocycles. The van der Waals surface area contributed by atoms with Crippen molar-refractivity contribution in [2.45, 2.75) is 6.92 Å². The summed E-state index contributed by atoms with van der Waals surface area (Å²) < 4.78 is 4.67. The van der Waals surface area contributed by atoms with E-state index in [0.717, 1.165) is 0 Å². The highest BCUT2D eigenvalue weighted by molar-refractivity contribution is 6.34. The van der Waals surface area contributed by atoms with Gasteiger partial charge in [-0.05, 0) is 13.0 Å². The van der Waals surface area contributed by atoms with E-state index in [0.29, 0.717) is 0 Å². The largest absolute Gasteiger partial charge is 0.462 e. The number of carbonyl (C=O) groups is 1. The van der Waals surface area contributed by atoms with Crippen molar-refractivity contribution in [1.82, 2.24) is 0 Å². The lowest BCUT2D eigenvalue weighted by atomic mass is 10.2. The highest BCUT2D eigenvalue weighted by atomic mass is 35.5. The monoisotopic (exact) mass is 229 g/mol. The third-order valence-corrected chi connectivity index (χ3v) is 1.98. The molecule has 0 atom stereocenters. The molecule has 80 valence electrons. The van der Waals surface area contributed by atoms with Crippen molar-refractivity contribution < 1.29 is 14.5 Å². The fourth-order valence-electron chi connectivity index (χ4n) is 1.07. The molecule has 1 aromatic rings. The Bertz CT molecular complexity index is 405. The summed E-state index contributed by atoms with van der Waals surface area (Å²) in [4.78, 5) is 21.3. The van der Waals surface area contributed by atoms with Gasteiger partial charge < -0.3 is 4.74 Å². The molecule has 0 fully saturated rings. The minimum absolute atomic E-state index is 0.0163. The minimum atomic E-state index is -0.783. The fraction of sp³-hybridized carbons (Fsp3) is 0.222. The maximum Gasteiger partial charge on any atom is 0.346 e. The fourth-order valence-corrected chi connectivity index (χ4v) is 1.32. The summed E-state index contributed by atoms with van der Waals surface area (Å²) >= 11 is 5.70. The van der Waals surface area contributed by atoms with Crippen LogP contribution in [0.15, 0.2) is 18.2 Å². The number of esters is 1. The number of nitro benzene ring substituents is 1. The second kappa shape index (κ2) is 4.75. The average molecular weight is 230 g/mol. The van der Waals surface area contributed by atoms with Crippen molar-refractivity contribution in [2.75, 3.05) is 6.61 Å². The zero-order valence-corrected chi connectivity index (χ0v) is 8.65. The van der Waals surface area contributed by atoms with E-state index in [1.54, 1.807) is 6.92 Å². The van der Waals surface area contributed by atoms with Crippen LogP contribution in [-0.4, -0.2) is 17.5 Å². The predicted molar refractivity (Wildman–Crippen MR) is 54.1 cm³/mol. The number of ether oxygens (including phenoxy) is 1. The first kappa shape index (κ1) is 11.5. The lowest BCUT2D eigenvalue weighted by Gasteiger charge is -2.04. The summed E-state index contributed by atoms with van der Waals surface area (Å²) in [7, 11) is 0. The first-order valence-electron chi connectivity index (χ1n) is 4.18. The molecule has 0 aromatic heterocycles. The van der Waals surface area contributed by atoms with Crippen molar-refractivity contribution in [3.8, 4) is 0 Å². The molecule has 0 aliphatic heterocycles. The molecule has 0 heterocycles. The summed E-state index contributed by atoms with van der Waals surface area (Å²) in [6.45, 7) is 1.75. The molecule has 1 rings (SSSR count). The Morgan fingerprint density at radius 3 is 2.80 bits per heavy atom. The molecule has 0 aliphatic rings. The quantitative estimate of drug-likeness (QED) is 0.453. The van der Waals surface area contributed by atoms with Gasteiger partial charge >= 0.3 is 5.97 Å². The van der Waals surface area contributed by atoms with Gasteiger partial charge in [0.25, 0.3) is 5.69 Å². The van der Waals surface area contributed by atoms with Crippen molar-refractivity contribution in [2.24, 2.45) is 0 Å². The SMILES string of the molecule is CCOC(=O)c1c(Cl)cccc1[N+](=O)[O-]. The smallest absolute Gasteiger partial charge is 0.346 e. The molecule has 0 saturated carbocycles. The van der Waals surface area contributed by atoms with Crippen LogP contribution in [0.2, 0.25) is 5.02 Å². The molecule has 6 heteroatoms. The first-order chi connectivity index (χ1) is 7.07. The molecule has 0 N–H and O–H groups in total. The van der Waals surface area contributed by atoms with Gasteiger partial charge in [-0.25, -0.2) is 4.79 Å². The van der Waals surface area contributed by atoms with Gasteiger partial charge in [-0.1, -0.05) is 17.7 Å². The Morgan fingerprint density at radius 2 is 2.27 bits per heavy atom. The summed E-state index contributed by atoms with van der Waals surface area (Å²) in [6.07, 6.45) is 0. The van der Waals surface area contributed by atoms with Gasteiger partial charge in [0.2, 0.25) is 0 Å². The van der Waals surface area contributed by atoms with E-state index in [1.165, 1.54) is 18.2 Å². The number of rotatable bonds is 3. The van der Waals surface area contributed by atoms with E-state index in [1.807, 2.05) is 0 Å². The summed E-state index contributed by atoms with van der Waals surface area (Å²) in [5.41, 5.74) is -0.549. The second-order valence-electron chi connectivity index (χ2n) is 2.61. The maximum atomic E-state index is 11.4. The Balaban J connectivity index is 3.24. The molecule has 0 aliphatic carbocycles. The zero-order valence-electron chi connectivity index (χ0n) is 7.90. The van der Waals surface area contributed by atoms with Gasteiger partial charge in [0.1, 0.15) is 0 Å². The number of hydrogen-bond donors (Lipinski definition) is 0. The number of benzene rings is 1. The lowest BCUT2D eigenvalue weighted by molar-refractivity contribution is -0.385. The topological polar surface area (TPSA) is 69.4 Å². The molecule has 0 radical (unpaired) electrons. The summed E-state index contributed by atoms with van der Waals surface area (Å²) in [6, 6.07) is 4.02. The van der Waals surface area contributed by atoms with Crippen LogP contribution in [0, 0.1) is 10.1 Å². The maximum absolute atomic E-state index is 11.4. The Morgan fingerprint density at radius 1 is 1.60 bits per heavy atom. The highest BCUT2D eigenvalue weighted by Crippen LogP contribution is 2.26. The van der Waals surface area contributed by atoms with Crippen LogP contribution in [0.4, 0.5) is 5.69 Å². The molecular formula is C9H8ClNO4. The molecule has 5 nitrogen and oxygen atoms in total. The molecule has 0 saturated heterocycles. The molecule has 0 unspecified atom stereocenters. The predicted octanol–water partition coefficient (Wildman–Crippen LogP) is 2.42. The normalized spacial score (nSPS) is 9.73. The first-order valence-corrected chi connectivity index (χ1v) is 4.55. The van der Waals surface area contributed by atoms with Gasteiger partial charge in [-0.3, -0.25) is 10.1 Å². The van der Waals surface area contributed by atoms with Gasteiger partial charge in [-0.15, -0.1) is 0 Å². The number of hydrogen-bond acceptors (Lipinski definition) is 4. The van der Waals surface area contributed by atoms with Crippen LogP contribution in [0.1, 0.15) is 17.3 Å². The molecular weight excluding hydrogens is 222 g/mol. The third-order valence-electron chi connectivity index (χ3n) is 1.67. The van der Waals surface area contributed by atoms with Crippen molar-refractivity contribution in [3.05, 3.63) is 38.9 Å². The van der Waals surface area contributed by atoms with Crippen LogP contribution >= 0.6 is 11.6 Å². The van der Waals surface area contributed by atoms with Crippen molar-refractivity contribution in [3.63, 3.8) is 0 Å².